The third-order valence-electron chi connectivity index (χ3n) is 5.59. The number of carbonyl (C=O) groups excluding carboxylic acids is 1. The summed E-state index contributed by atoms with van der Waals surface area (Å²) in [6, 6.07) is 7.94. The molecule has 0 aromatic carbocycles. The van der Waals surface area contributed by atoms with Crippen molar-refractivity contribution in [3.63, 3.8) is 0 Å². The average Bonchev–Trinajstić information content (AvgIpc) is 3.02. The number of hydrogen-bond donors (Lipinski definition) is 1. The minimum absolute atomic E-state index is 0.00341. The maximum Gasteiger partial charge on any atom is 0.256 e. The van der Waals surface area contributed by atoms with E-state index in [0.717, 1.165) is 44.8 Å². The van der Waals surface area contributed by atoms with Gasteiger partial charge in [0, 0.05) is 64.2 Å². The van der Waals surface area contributed by atoms with E-state index in [1.165, 1.54) is 5.69 Å². The van der Waals surface area contributed by atoms with Gasteiger partial charge < -0.3 is 14.8 Å². The highest BCUT2D eigenvalue weighted by Gasteiger charge is 2.45. The molecule has 4 rings (SSSR count). The molecule has 2 aliphatic rings. The standard InChI is InChI=1S/C19H25N5O/c1-3-24-17-16(7-4-10-20-17)18(25)21-19(24)8-12-23(13-9-19)14-15-6-5-11-22(15)2/h4-7,10-11H,3,8-9,12-14H2,1-2H3,(H,21,25). The summed E-state index contributed by atoms with van der Waals surface area (Å²) in [6.07, 6.45) is 5.68. The van der Waals surface area contributed by atoms with Crippen molar-refractivity contribution in [1.29, 1.82) is 0 Å². The van der Waals surface area contributed by atoms with Gasteiger partial charge in [0.05, 0.1) is 5.56 Å². The van der Waals surface area contributed by atoms with Crippen LogP contribution in [0.1, 0.15) is 35.8 Å². The summed E-state index contributed by atoms with van der Waals surface area (Å²) in [4.78, 5) is 21.9. The zero-order valence-electron chi connectivity index (χ0n) is 14.9. The molecule has 1 fully saturated rings. The van der Waals surface area contributed by atoms with Gasteiger partial charge in [-0.1, -0.05) is 0 Å². The normalized spacial score (nSPS) is 19.8. The Bertz CT molecular complexity index is 776. The second kappa shape index (κ2) is 6.19. The highest BCUT2D eigenvalue weighted by molar-refractivity contribution is 6.01. The van der Waals surface area contributed by atoms with Crippen molar-refractivity contribution in [2.24, 2.45) is 7.05 Å². The van der Waals surface area contributed by atoms with Crippen LogP contribution >= 0.6 is 0 Å². The van der Waals surface area contributed by atoms with Gasteiger partial charge in [-0.3, -0.25) is 9.69 Å². The number of aromatic nitrogens is 2. The van der Waals surface area contributed by atoms with E-state index < -0.39 is 0 Å². The summed E-state index contributed by atoms with van der Waals surface area (Å²) >= 11 is 0. The number of piperidine rings is 1. The molecule has 0 radical (unpaired) electrons. The van der Waals surface area contributed by atoms with E-state index in [1.54, 1.807) is 6.20 Å². The summed E-state index contributed by atoms with van der Waals surface area (Å²) < 4.78 is 2.17. The first-order chi connectivity index (χ1) is 12.1. The van der Waals surface area contributed by atoms with Gasteiger partial charge in [-0.2, -0.15) is 0 Å². The molecular weight excluding hydrogens is 314 g/mol. The number of nitrogens with zero attached hydrogens (tertiary/aromatic N) is 4. The molecular formula is C19H25N5O. The van der Waals surface area contributed by atoms with E-state index in [1.807, 2.05) is 12.1 Å². The summed E-state index contributed by atoms with van der Waals surface area (Å²) in [5, 5.41) is 3.29. The number of anilines is 1. The van der Waals surface area contributed by atoms with Crippen molar-refractivity contribution in [3.8, 4) is 0 Å². The predicted molar refractivity (Wildman–Crippen MR) is 97.4 cm³/mol. The molecule has 4 heterocycles. The van der Waals surface area contributed by atoms with Crippen LogP contribution in [0.4, 0.5) is 5.82 Å². The van der Waals surface area contributed by atoms with Crippen LogP contribution < -0.4 is 10.2 Å². The number of carbonyl (C=O) groups is 1. The van der Waals surface area contributed by atoms with E-state index in [9.17, 15) is 4.79 Å². The maximum atomic E-state index is 12.6. The molecule has 0 unspecified atom stereocenters. The Balaban J connectivity index is 1.53. The summed E-state index contributed by atoms with van der Waals surface area (Å²) in [6.45, 7) is 5.85. The number of nitrogens with one attached hydrogen (secondary N) is 1. The van der Waals surface area contributed by atoms with E-state index >= 15 is 0 Å². The molecule has 2 aromatic rings. The molecule has 1 N–H and O–H groups in total. The van der Waals surface area contributed by atoms with Crippen LogP contribution in [0, 0.1) is 0 Å². The molecule has 6 nitrogen and oxygen atoms in total. The molecule has 0 bridgehead atoms. The van der Waals surface area contributed by atoms with Crippen molar-refractivity contribution in [2.45, 2.75) is 32.0 Å². The zero-order valence-corrected chi connectivity index (χ0v) is 14.9. The van der Waals surface area contributed by atoms with E-state index in [2.05, 4.69) is 57.0 Å². The number of pyridine rings is 1. The average molecular weight is 339 g/mol. The van der Waals surface area contributed by atoms with Gasteiger partial charge >= 0.3 is 0 Å². The minimum Gasteiger partial charge on any atom is -0.353 e. The molecule has 1 spiro atoms. The fraction of sp³-hybridized carbons (Fsp3) is 0.474. The Morgan fingerprint density at radius 2 is 2.04 bits per heavy atom. The zero-order chi connectivity index (χ0) is 17.4. The van der Waals surface area contributed by atoms with Crippen LogP contribution in [0.5, 0.6) is 0 Å². The number of hydrogen-bond acceptors (Lipinski definition) is 4. The first-order valence-corrected chi connectivity index (χ1v) is 9.01. The van der Waals surface area contributed by atoms with Gasteiger partial charge in [-0.05, 0) is 31.2 Å². The van der Waals surface area contributed by atoms with Crippen molar-refractivity contribution in [3.05, 3.63) is 47.9 Å². The van der Waals surface area contributed by atoms with Crippen LogP contribution in [0.15, 0.2) is 36.7 Å². The molecule has 0 aliphatic carbocycles. The van der Waals surface area contributed by atoms with Crippen molar-refractivity contribution < 1.29 is 4.79 Å². The highest BCUT2D eigenvalue weighted by Crippen LogP contribution is 2.36. The summed E-state index contributed by atoms with van der Waals surface area (Å²) in [5.74, 6) is 0.827. The van der Waals surface area contributed by atoms with Crippen LogP contribution in [-0.2, 0) is 13.6 Å². The largest absolute Gasteiger partial charge is 0.353 e. The fourth-order valence-electron chi connectivity index (χ4n) is 4.16. The highest BCUT2D eigenvalue weighted by atomic mass is 16.2. The number of rotatable bonds is 3. The number of fused-ring (bicyclic) bond motifs is 1. The quantitative estimate of drug-likeness (QED) is 0.929. The SMILES string of the molecule is CCN1c2ncccc2C(=O)NC12CCN(Cc1cccn1C)CC2. The first kappa shape index (κ1) is 16.1. The number of aryl methyl sites for hydroxylation is 1. The molecule has 1 amide bonds. The minimum atomic E-state index is -0.308. The number of likely N-dealkylation sites (tertiary alicyclic amines) is 1. The molecule has 132 valence electrons. The molecule has 2 aromatic heterocycles. The summed E-state index contributed by atoms with van der Waals surface area (Å²) in [5.41, 5.74) is 1.70. The van der Waals surface area contributed by atoms with Gasteiger partial charge in [-0.15, -0.1) is 0 Å². The second-order valence-corrected chi connectivity index (χ2v) is 6.99. The van der Waals surface area contributed by atoms with Crippen molar-refractivity contribution in [2.75, 3.05) is 24.5 Å². The van der Waals surface area contributed by atoms with Crippen molar-refractivity contribution in [1.82, 2.24) is 19.8 Å². The van der Waals surface area contributed by atoms with E-state index in [0.29, 0.717) is 5.56 Å². The topological polar surface area (TPSA) is 53.4 Å². The summed E-state index contributed by atoms with van der Waals surface area (Å²) in [7, 11) is 2.09. The lowest BCUT2D eigenvalue weighted by molar-refractivity contribution is 0.0759. The Hall–Kier alpha value is -2.34. The van der Waals surface area contributed by atoms with Gasteiger partial charge in [0.1, 0.15) is 11.5 Å². The van der Waals surface area contributed by atoms with Gasteiger partial charge in [0.2, 0.25) is 0 Å². The molecule has 0 atom stereocenters. The van der Waals surface area contributed by atoms with Gasteiger partial charge in [0.25, 0.3) is 5.91 Å². The molecule has 1 saturated heterocycles. The Morgan fingerprint density at radius 3 is 2.72 bits per heavy atom. The Morgan fingerprint density at radius 1 is 1.24 bits per heavy atom. The lowest BCUT2D eigenvalue weighted by atomic mass is 9.91. The lowest BCUT2D eigenvalue weighted by Crippen LogP contribution is -2.67. The van der Waals surface area contributed by atoms with E-state index in [-0.39, 0.29) is 11.6 Å². The van der Waals surface area contributed by atoms with Crippen LogP contribution in [0.3, 0.4) is 0 Å². The second-order valence-electron chi connectivity index (χ2n) is 6.99. The maximum absolute atomic E-state index is 12.6. The van der Waals surface area contributed by atoms with E-state index in [4.69, 9.17) is 0 Å². The number of amides is 1. The molecule has 2 aliphatic heterocycles. The smallest absolute Gasteiger partial charge is 0.256 e. The molecule has 0 saturated carbocycles. The van der Waals surface area contributed by atoms with Crippen LogP contribution in [0.25, 0.3) is 0 Å². The van der Waals surface area contributed by atoms with Crippen molar-refractivity contribution >= 4 is 11.7 Å². The lowest BCUT2D eigenvalue weighted by Gasteiger charge is -2.52. The Kier molecular flexibility index (Phi) is 4.00. The van der Waals surface area contributed by atoms with Gasteiger partial charge in [-0.25, -0.2) is 4.98 Å². The fourth-order valence-corrected chi connectivity index (χ4v) is 4.16. The predicted octanol–water partition coefficient (Wildman–Crippen LogP) is 1.98. The molecule has 6 heteroatoms. The van der Waals surface area contributed by atoms with Crippen LogP contribution in [-0.4, -0.2) is 45.7 Å². The monoisotopic (exact) mass is 339 g/mol. The third-order valence-corrected chi connectivity index (χ3v) is 5.59. The van der Waals surface area contributed by atoms with Gasteiger partial charge in [0.15, 0.2) is 0 Å². The molecule has 25 heavy (non-hydrogen) atoms. The third kappa shape index (κ3) is 2.70. The Labute approximate surface area is 148 Å². The first-order valence-electron chi connectivity index (χ1n) is 9.01. The van der Waals surface area contributed by atoms with Crippen LogP contribution in [0.2, 0.25) is 0 Å².